The van der Waals surface area contributed by atoms with Gasteiger partial charge < -0.3 is 9.47 Å². The van der Waals surface area contributed by atoms with E-state index in [-0.39, 0.29) is 17.5 Å². The van der Waals surface area contributed by atoms with Crippen LogP contribution in [0.2, 0.25) is 0 Å². The largest absolute Gasteiger partial charge is 0.458 e. The summed E-state index contributed by atoms with van der Waals surface area (Å²) in [6.07, 6.45) is 4.56. The number of fused-ring (bicyclic) bond motifs is 2. The Hall–Kier alpha value is -0.830. The third-order valence-electron chi connectivity index (χ3n) is 5.87. The van der Waals surface area contributed by atoms with Gasteiger partial charge in [-0.3, -0.25) is 0 Å². The van der Waals surface area contributed by atoms with E-state index in [1.165, 1.54) is 24.8 Å². The summed E-state index contributed by atoms with van der Waals surface area (Å²) in [5, 5.41) is 0. The van der Waals surface area contributed by atoms with Gasteiger partial charge in [-0.25, -0.2) is 4.79 Å². The maximum absolute atomic E-state index is 12.0. The van der Waals surface area contributed by atoms with Gasteiger partial charge in [0.2, 0.25) is 0 Å². The molecule has 106 valence electrons. The second kappa shape index (κ2) is 4.08. The Labute approximate surface area is 115 Å². The SMILES string of the molecule is CO[C@@H]1C[C@H]2C(C)(C)CCC[C@]2(C)C2=C1C(=O)OC2. The first kappa shape index (κ1) is 13.2. The van der Waals surface area contributed by atoms with Crippen molar-refractivity contribution in [3.8, 4) is 0 Å². The molecule has 1 saturated carbocycles. The van der Waals surface area contributed by atoms with Crippen LogP contribution in [-0.4, -0.2) is 25.8 Å². The molecule has 0 aromatic heterocycles. The van der Waals surface area contributed by atoms with Crippen LogP contribution in [0.15, 0.2) is 11.1 Å². The van der Waals surface area contributed by atoms with E-state index < -0.39 is 0 Å². The number of cyclic esters (lactones) is 1. The Morgan fingerprint density at radius 1 is 1.26 bits per heavy atom. The van der Waals surface area contributed by atoms with Crippen LogP contribution in [-0.2, 0) is 14.3 Å². The fourth-order valence-corrected chi connectivity index (χ4v) is 4.82. The van der Waals surface area contributed by atoms with Crippen molar-refractivity contribution in [2.24, 2.45) is 16.7 Å². The first-order valence-corrected chi connectivity index (χ1v) is 7.33. The maximum Gasteiger partial charge on any atom is 0.337 e. The predicted octanol–water partition coefficient (Wildman–Crippen LogP) is 3.09. The molecule has 0 aromatic rings. The summed E-state index contributed by atoms with van der Waals surface area (Å²) in [5.74, 6) is 0.428. The molecule has 3 heteroatoms. The van der Waals surface area contributed by atoms with Gasteiger partial charge in [-0.05, 0) is 41.6 Å². The van der Waals surface area contributed by atoms with Crippen LogP contribution in [0.5, 0.6) is 0 Å². The minimum atomic E-state index is -0.148. The Morgan fingerprint density at radius 2 is 2.00 bits per heavy atom. The van der Waals surface area contributed by atoms with Gasteiger partial charge >= 0.3 is 5.97 Å². The van der Waals surface area contributed by atoms with Crippen molar-refractivity contribution < 1.29 is 14.3 Å². The van der Waals surface area contributed by atoms with E-state index in [9.17, 15) is 4.79 Å². The number of esters is 1. The molecule has 19 heavy (non-hydrogen) atoms. The normalized spacial score (nSPS) is 40.7. The number of methoxy groups -OCH3 is 1. The van der Waals surface area contributed by atoms with Crippen LogP contribution in [0.4, 0.5) is 0 Å². The topological polar surface area (TPSA) is 35.5 Å². The average Bonchev–Trinajstić information content (AvgIpc) is 2.72. The molecule has 0 bridgehead atoms. The summed E-state index contributed by atoms with van der Waals surface area (Å²) in [6, 6.07) is 0. The van der Waals surface area contributed by atoms with Gasteiger partial charge in [0.25, 0.3) is 0 Å². The lowest BCUT2D eigenvalue weighted by Gasteiger charge is -2.54. The summed E-state index contributed by atoms with van der Waals surface area (Å²) >= 11 is 0. The Morgan fingerprint density at radius 3 is 2.68 bits per heavy atom. The molecule has 3 aliphatic rings. The van der Waals surface area contributed by atoms with E-state index in [2.05, 4.69) is 20.8 Å². The zero-order valence-corrected chi connectivity index (χ0v) is 12.4. The maximum atomic E-state index is 12.0. The molecule has 0 spiro atoms. The number of hydrogen-bond donors (Lipinski definition) is 0. The monoisotopic (exact) mass is 264 g/mol. The first-order chi connectivity index (χ1) is 8.90. The fraction of sp³-hybridized carbons (Fsp3) is 0.812. The van der Waals surface area contributed by atoms with Crippen LogP contribution >= 0.6 is 0 Å². The molecule has 1 heterocycles. The van der Waals surface area contributed by atoms with Crippen molar-refractivity contribution in [3.05, 3.63) is 11.1 Å². The van der Waals surface area contributed by atoms with Crippen molar-refractivity contribution in [1.29, 1.82) is 0 Å². The average molecular weight is 264 g/mol. The van der Waals surface area contributed by atoms with Crippen molar-refractivity contribution >= 4 is 5.97 Å². The minimum Gasteiger partial charge on any atom is -0.458 e. The van der Waals surface area contributed by atoms with E-state index >= 15 is 0 Å². The van der Waals surface area contributed by atoms with Gasteiger partial charge in [0.1, 0.15) is 6.61 Å². The summed E-state index contributed by atoms with van der Waals surface area (Å²) in [5.41, 5.74) is 2.50. The highest BCUT2D eigenvalue weighted by atomic mass is 16.5. The van der Waals surface area contributed by atoms with E-state index in [0.29, 0.717) is 17.9 Å². The van der Waals surface area contributed by atoms with E-state index in [0.717, 1.165) is 12.0 Å². The zero-order valence-electron chi connectivity index (χ0n) is 12.4. The number of carbonyl (C=O) groups excluding carboxylic acids is 1. The Balaban J connectivity index is 2.11. The minimum absolute atomic E-state index is 0.0690. The number of ether oxygens (including phenoxy) is 2. The van der Waals surface area contributed by atoms with E-state index in [1.807, 2.05) is 0 Å². The number of hydrogen-bond acceptors (Lipinski definition) is 3. The Bertz CT molecular complexity index is 449. The third kappa shape index (κ3) is 1.70. The van der Waals surface area contributed by atoms with Crippen molar-refractivity contribution in [2.75, 3.05) is 13.7 Å². The quantitative estimate of drug-likeness (QED) is 0.683. The second-order valence-corrected chi connectivity index (χ2v) is 7.24. The smallest absolute Gasteiger partial charge is 0.337 e. The van der Waals surface area contributed by atoms with Gasteiger partial charge in [-0.1, -0.05) is 27.2 Å². The van der Waals surface area contributed by atoms with Crippen molar-refractivity contribution in [1.82, 2.24) is 0 Å². The summed E-state index contributed by atoms with van der Waals surface area (Å²) in [7, 11) is 1.71. The molecule has 0 radical (unpaired) electrons. The Kier molecular flexibility index (Phi) is 2.83. The molecule has 0 unspecified atom stereocenters. The summed E-state index contributed by atoms with van der Waals surface area (Å²) in [4.78, 5) is 12.0. The van der Waals surface area contributed by atoms with Crippen LogP contribution < -0.4 is 0 Å². The molecule has 3 nitrogen and oxygen atoms in total. The van der Waals surface area contributed by atoms with Crippen LogP contribution in [0.25, 0.3) is 0 Å². The van der Waals surface area contributed by atoms with Gasteiger partial charge in [0.15, 0.2) is 0 Å². The first-order valence-electron chi connectivity index (χ1n) is 7.33. The lowest BCUT2D eigenvalue weighted by atomic mass is 9.50. The van der Waals surface area contributed by atoms with E-state index in [1.54, 1.807) is 7.11 Å². The van der Waals surface area contributed by atoms with Gasteiger partial charge in [-0.15, -0.1) is 0 Å². The van der Waals surface area contributed by atoms with Gasteiger partial charge in [0, 0.05) is 7.11 Å². The highest BCUT2D eigenvalue weighted by Crippen LogP contribution is 2.60. The molecular formula is C16H24O3. The van der Waals surface area contributed by atoms with Crippen molar-refractivity contribution in [3.63, 3.8) is 0 Å². The number of rotatable bonds is 1. The molecule has 3 rings (SSSR count). The molecule has 1 aliphatic heterocycles. The highest BCUT2D eigenvalue weighted by molar-refractivity contribution is 5.93. The van der Waals surface area contributed by atoms with Crippen molar-refractivity contribution in [2.45, 2.75) is 52.6 Å². The standard InChI is InChI=1S/C16H24O3/c1-15(2)6-5-7-16(3)10-9-19-14(17)13(10)11(18-4)8-12(15)16/h11-12H,5-9H2,1-4H3/t11-,12+,16-/m1/s1. The third-order valence-corrected chi connectivity index (χ3v) is 5.87. The summed E-state index contributed by atoms with van der Waals surface area (Å²) in [6.45, 7) is 7.55. The molecule has 0 N–H and O–H groups in total. The molecule has 2 aliphatic carbocycles. The molecule has 3 atom stereocenters. The van der Waals surface area contributed by atoms with E-state index in [4.69, 9.17) is 9.47 Å². The molecule has 0 amide bonds. The molecule has 0 aromatic carbocycles. The van der Waals surface area contributed by atoms with Crippen LogP contribution in [0.3, 0.4) is 0 Å². The molecule has 0 saturated heterocycles. The van der Waals surface area contributed by atoms with Crippen LogP contribution in [0.1, 0.15) is 46.5 Å². The lowest BCUT2D eigenvalue weighted by molar-refractivity contribution is -0.137. The summed E-state index contributed by atoms with van der Waals surface area (Å²) < 4.78 is 10.9. The molecular weight excluding hydrogens is 240 g/mol. The fourth-order valence-electron chi connectivity index (χ4n) is 4.82. The lowest BCUT2D eigenvalue weighted by Crippen LogP contribution is -2.49. The van der Waals surface area contributed by atoms with Gasteiger partial charge in [-0.2, -0.15) is 0 Å². The number of carbonyl (C=O) groups is 1. The second-order valence-electron chi connectivity index (χ2n) is 7.24. The van der Waals surface area contributed by atoms with Crippen LogP contribution in [0, 0.1) is 16.7 Å². The highest BCUT2D eigenvalue weighted by Gasteiger charge is 2.55. The zero-order chi connectivity index (χ0) is 13.8. The van der Waals surface area contributed by atoms with Gasteiger partial charge in [0.05, 0.1) is 11.7 Å². The predicted molar refractivity (Wildman–Crippen MR) is 72.6 cm³/mol. The molecule has 1 fully saturated rings.